The van der Waals surface area contributed by atoms with Gasteiger partial charge in [-0.15, -0.1) is 11.3 Å². The molecule has 0 saturated heterocycles. The van der Waals surface area contributed by atoms with Crippen LogP contribution in [-0.4, -0.2) is 32.7 Å². The van der Waals surface area contributed by atoms with E-state index in [9.17, 15) is 8.42 Å². The summed E-state index contributed by atoms with van der Waals surface area (Å²) in [7, 11) is -3.76. The number of aryl methyl sites for hydroxylation is 2. The second-order valence-corrected chi connectivity index (χ2v) is 9.19. The van der Waals surface area contributed by atoms with Crippen LogP contribution in [-0.2, 0) is 27.1 Å². The number of hydrogen-bond acceptors (Lipinski definition) is 7. The molecular formula is C18H25N3O3S2. The van der Waals surface area contributed by atoms with Crippen LogP contribution in [0.3, 0.4) is 0 Å². The van der Waals surface area contributed by atoms with Crippen LogP contribution in [0.4, 0.5) is 5.13 Å². The molecule has 0 radical (unpaired) electrons. The van der Waals surface area contributed by atoms with Crippen LogP contribution >= 0.6 is 11.3 Å². The number of rotatable bonds is 8. The third-order valence-corrected chi connectivity index (χ3v) is 6.73. The summed E-state index contributed by atoms with van der Waals surface area (Å²) in [4.78, 5) is 6.01. The third kappa shape index (κ3) is 4.82. The molecule has 26 heavy (non-hydrogen) atoms. The Morgan fingerprint density at radius 1 is 1.31 bits per heavy atom. The highest BCUT2D eigenvalue weighted by molar-refractivity contribution is 7.86. The van der Waals surface area contributed by atoms with Crippen molar-refractivity contribution in [2.45, 2.75) is 50.5 Å². The van der Waals surface area contributed by atoms with Crippen molar-refractivity contribution in [1.29, 1.82) is 0 Å². The van der Waals surface area contributed by atoms with Crippen LogP contribution in [0, 0.1) is 6.92 Å². The van der Waals surface area contributed by atoms with Crippen molar-refractivity contribution in [2.75, 3.05) is 18.6 Å². The first kappa shape index (κ1) is 19.3. The molecule has 3 rings (SSSR count). The molecule has 1 aliphatic carbocycles. The maximum atomic E-state index is 12.2. The van der Waals surface area contributed by atoms with Crippen molar-refractivity contribution >= 4 is 26.6 Å². The topological polar surface area (TPSA) is 80.3 Å². The number of thiazole rings is 1. The first-order chi connectivity index (χ1) is 12.5. The Morgan fingerprint density at radius 3 is 2.81 bits per heavy atom. The molecule has 0 bridgehead atoms. The molecule has 2 N–H and O–H groups in total. The lowest BCUT2D eigenvalue weighted by Gasteiger charge is -2.21. The summed E-state index contributed by atoms with van der Waals surface area (Å²) in [5.74, 6) is 0. The molecule has 8 heteroatoms. The van der Waals surface area contributed by atoms with E-state index in [1.165, 1.54) is 4.88 Å². The number of nitrogens with zero attached hydrogens (tertiary/aromatic N) is 1. The molecule has 1 heterocycles. The van der Waals surface area contributed by atoms with Gasteiger partial charge in [0.05, 0.1) is 10.6 Å². The summed E-state index contributed by atoms with van der Waals surface area (Å²) in [5, 5.41) is 7.26. The van der Waals surface area contributed by atoms with Gasteiger partial charge in [0, 0.05) is 10.9 Å². The summed E-state index contributed by atoms with van der Waals surface area (Å²) >= 11 is 1.58. The van der Waals surface area contributed by atoms with Gasteiger partial charge in [0.2, 0.25) is 0 Å². The largest absolute Gasteiger partial charge is 0.338 e. The molecule has 1 aliphatic rings. The molecule has 142 valence electrons. The first-order valence-electron chi connectivity index (χ1n) is 8.90. The van der Waals surface area contributed by atoms with Gasteiger partial charge in [-0.05, 0) is 51.3 Å². The highest BCUT2D eigenvalue weighted by Crippen LogP contribution is 2.30. The summed E-state index contributed by atoms with van der Waals surface area (Å²) in [6, 6.07) is 7.11. The van der Waals surface area contributed by atoms with Crippen LogP contribution in [0.5, 0.6) is 0 Å². The fraction of sp³-hybridized carbons (Fsp3) is 0.500. The Bertz CT molecular complexity index is 832. The van der Waals surface area contributed by atoms with Gasteiger partial charge in [-0.1, -0.05) is 24.6 Å². The van der Waals surface area contributed by atoms with Crippen LogP contribution in [0.2, 0.25) is 0 Å². The zero-order valence-corrected chi connectivity index (χ0v) is 16.8. The summed E-state index contributed by atoms with van der Waals surface area (Å²) < 4.78 is 29.4. The Morgan fingerprint density at radius 2 is 2.08 bits per heavy atom. The van der Waals surface area contributed by atoms with Gasteiger partial charge >= 0.3 is 0 Å². The summed E-state index contributed by atoms with van der Waals surface area (Å²) in [6.07, 6.45) is 4.16. The fourth-order valence-corrected chi connectivity index (χ4v) is 4.80. The third-order valence-electron chi connectivity index (χ3n) is 4.37. The van der Waals surface area contributed by atoms with Crippen LogP contribution in [0.25, 0.3) is 0 Å². The zero-order chi connectivity index (χ0) is 18.6. The molecule has 0 fully saturated rings. The fourth-order valence-electron chi connectivity index (χ4n) is 2.92. The Kier molecular flexibility index (Phi) is 6.29. The number of nitrogens with one attached hydrogen (secondary N) is 2. The number of hydrogen-bond donors (Lipinski definition) is 2. The molecule has 0 amide bonds. The lowest BCUT2D eigenvalue weighted by Crippen LogP contribution is -2.34. The number of fused-ring (bicyclic) bond motifs is 1. The zero-order valence-electron chi connectivity index (χ0n) is 15.1. The van der Waals surface area contributed by atoms with Crippen LogP contribution in [0.1, 0.15) is 35.9 Å². The number of aromatic nitrogens is 1. The minimum atomic E-state index is -3.76. The van der Waals surface area contributed by atoms with Crippen molar-refractivity contribution in [1.82, 2.24) is 10.3 Å². The van der Waals surface area contributed by atoms with Gasteiger partial charge in [-0.25, -0.2) is 9.17 Å². The van der Waals surface area contributed by atoms with E-state index < -0.39 is 10.1 Å². The second kappa shape index (κ2) is 8.47. The number of benzene rings is 1. The van der Waals surface area contributed by atoms with E-state index in [-0.39, 0.29) is 11.6 Å². The van der Waals surface area contributed by atoms with Gasteiger partial charge < -0.3 is 10.6 Å². The van der Waals surface area contributed by atoms with Gasteiger partial charge in [-0.3, -0.25) is 0 Å². The maximum Gasteiger partial charge on any atom is 0.298 e. The maximum absolute atomic E-state index is 12.2. The van der Waals surface area contributed by atoms with Crippen molar-refractivity contribution in [3.8, 4) is 0 Å². The van der Waals surface area contributed by atoms with Gasteiger partial charge in [0.15, 0.2) is 5.13 Å². The average molecular weight is 396 g/mol. The van der Waals surface area contributed by atoms with Crippen LogP contribution < -0.4 is 10.6 Å². The predicted molar refractivity (Wildman–Crippen MR) is 104 cm³/mol. The Hall–Kier alpha value is -1.48. The van der Waals surface area contributed by atoms with E-state index in [2.05, 4.69) is 22.5 Å². The van der Waals surface area contributed by atoms with Gasteiger partial charge in [-0.2, -0.15) is 8.42 Å². The second-order valence-electron chi connectivity index (χ2n) is 6.49. The quantitative estimate of drug-likeness (QED) is 0.528. The predicted octanol–water partition coefficient (Wildman–Crippen LogP) is 3.08. The molecule has 0 saturated carbocycles. The molecule has 1 aromatic heterocycles. The van der Waals surface area contributed by atoms with E-state index in [4.69, 9.17) is 4.18 Å². The molecule has 0 aliphatic heterocycles. The Labute approximate surface area is 159 Å². The minimum absolute atomic E-state index is 0.125. The van der Waals surface area contributed by atoms with Crippen molar-refractivity contribution in [3.63, 3.8) is 0 Å². The molecular weight excluding hydrogens is 370 g/mol. The average Bonchev–Trinajstić information content (AvgIpc) is 3.02. The van der Waals surface area contributed by atoms with Crippen molar-refractivity contribution in [3.05, 3.63) is 40.4 Å². The molecule has 1 aromatic carbocycles. The van der Waals surface area contributed by atoms with Crippen molar-refractivity contribution in [2.24, 2.45) is 0 Å². The normalized spacial score (nSPS) is 17.1. The van der Waals surface area contributed by atoms with Gasteiger partial charge in [0.25, 0.3) is 10.1 Å². The van der Waals surface area contributed by atoms with E-state index >= 15 is 0 Å². The van der Waals surface area contributed by atoms with E-state index in [1.54, 1.807) is 35.6 Å². The minimum Gasteiger partial charge on any atom is -0.338 e. The van der Waals surface area contributed by atoms with E-state index in [0.717, 1.165) is 43.5 Å². The van der Waals surface area contributed by atoms with Crippen molar-refractivity contribution < 1.29 is 12.6 Å². The molecule has 0 unspecified atom stereocenters. The molecule has 6 nitrogen and oxygen atoms in total. The lowest BCUT2D eigenvalue weighted by atomic mass is 9.98. The summed E-state index contributed by atoms with van der Waals surface area (Å²) in [5.41, 5.74) is 2.12. The monoisotopic (exact) mass is 395 g/mol. The standard InChI is InChI=1S/C18H25N3O3S2/c1-3-10-19-14-6-9-16-17(11-14)25-18(21-16)20-12-24-26(22,23)15-7-4-13(2)5-8-15/h4-5,7-8,14,19H,3,6,9-12H2,1-2H3,(H,20,21)/t14-/m1/s1. The Balaban J connectivity index is 1.54. The highest BCUT2D eigenvalue weighted by atomic mass is 32.2. The number of anilines is 1. The first-order valence-corrected chi connectivity index (χ1v) is 11.1. The van der Waals surface area contributed by atoms with Crippen LogP contribution in [0.15, 0.2) is 29.2 Å². The SMILES string of the molecule is CCCN[C@@H]1CCc2nc(NCOS(=O)(=O)c3ccc(C)cc3)sc2C1. The highest BCUT2D eigenvalue weighted by Gasteiger charge is 2.22. The molecule has 1 atom stereocenters. The summed E-state index contributed by atoms with van der Waals surface area (Å²) in [6.45, 7) is 4.99. The lowest BCUT2D eigenvalue weighted by molar-refractivity contribution is 0.343. The van der Waals surface area contributed by atoms with Gasteiger partial charge in [0.1, 0.15) is 6.73 Å². The molecule has 0 spiro atoms. The van der Waals surface area contributed by atoms with E-state index in [0.29, 0.717) is 11.2 Å². The van der Waals surface area contributed by atoms with E-state index in [1.807, 2.05) is 6.92 Å². The smallest absolute Gasteiger partial charge is 0.298 e. The molecule has 2 aromatic rings.